The van der Waals surface area contributed by atoms with Crippen molar-refractivity contribution in [2.45, 2.75) is 82.0 Å². The minimum Gasteiger partial charge on any atom is -0.394 e. The number of aliphatic hydroxyl groups excluding tert-OH is 5. The van der Waals surface area contributed by atoms with Gasteiger partial charge in [0.1, 0.15) is 30.5 Å². The molecular weight excluding hydrogens is 324 g/mol. The maximum absolute atomic E-state index is 10.2. The highest BCUT2D eigenvalue weighted by molar-refractivity contribution is 4.90. The fourth-order valence-corrected chi connectivity index (χ4v) is 2.85. The molecule has 0 aliphatic carbocycles. The average molecular weight is 352 g/mol. The Kier molecular flexibility index (Phi) is 7.35. The van der Waals surface area contributed by atoms with Crippen LogP contribution in [0.5, 0.6) is 0 Å². The Hall–Kier alpha value is -0.360. The number of hydrogen-bond donors (Lipinski definition) is 5. The van der Waals surface area contributed by atoms with Gasteiger partial charge in [-0.15, -0.1) is 0 Å². The molecule has 2 fully saturated rings. The van der Waals surface area contributed by atoms with Gasteiger partial charge >= 0.3 is 0 Å². The molecule has 0 aromatic carbocycles. The Bertz CT molecular complexity index is 380. The summed E-state index contributed by atoms with van der Waals surface area (Å²) in [4.78, 5) is 0. The largest absolute Gasteiger partial charge is 0.394 e. The van der Waals surface area contributed by atoms with Gasteiger partial charge in [0.05, 0.1) is 18.8 Å². The predicted octanol–water partition coefficient (Wildman–Crippen LogP) is -1.91. The highest BCUT2D eigenvalue weighted by atomic mass is 16.7. The summed E-state index contributed by atoms with van der Waals surface area (Å²) in [7, 11) is 0. The normalized spacial score (nSPS) is 46.9. The predicted molar refractivity (Wildman–Crippen MR) is 79.8 cm³/mol. The average Bonchev–Trinajstić information content (AvgIpc) is 2.57. The Morgan fingerprint density at radius 3 is 2.33 bits per heavy atom. The Morgan fingerprint density at radius 1 is 1.00 bits per heavy atom. The second-order valence-electron chi connectivity index (χ2n) is 6.24. The van der Waals surface area contributed by atoms with Crippen LogP contribution in [0.3, 0.4) is 0 Å². The minimum absolute atomic E-state index is 0.223. The van der Waals surface area contributed by atoms with Crippen LogP contribution in [-0.2, 0) is 18.9 Å². The van der Waals surface area contributed by atoms with Crippen LogP contribution >= 0.6 is 0 Å². The van der Waals surface area contributed by atoms with Crippen molar-refractivity contribution in [3.05, 3.63) is 0 Å². The van der Waals surface area contributed by atoms with E-state index in [1.54, 1.807) is 6.92 Å². The maximum Gasteiger partial charge on any atom is 0.187 e. The molecule has 0 aromatic rings. The Balaban J connectivity index is 2.01. The van der Waals surface area contributed by atoms with Crippen molar-refractivity contribution in [2.24, 2.45) is 0 Å². The molecule has 2 rings (SSSR count). The SMILES string of the molecule is CCCO[C@H]1CC(O[C@H]2OC(CO)[C@@H](O)C(O)C2O)[C@@H](O)C(C)O1. The van der Waals surface area contributed by atoms with Crippen molar-refractivity contribution in [3.8, 4) is 0 Å². The molecule has 0 radical (unpaired) electrons. The van der Waals surface area contributed by atoms with E-state index in [1.807, 2.05) is 6.92 Å². The van der Waals surface area contributed by atoms with E-state index in [0.717, 1.165) is 6.42 Å². The number of hydrogen-bond acceptors (Lipinski definition) is 9. The molecule has 0 aromatic heterocycles. The van der Waals surface area contributed by atoms with Gasteiger partial charge in [-0.25, -0.2) is 0 Å². The van der Waals surface area contributed by atoms with Crippen LogP contribution < -0.4 is 0 Å². The molecule has 5 unspecified atom stereocenters. The molecule has 9 heteroatoms. The maximum atomic E-state index is 10.2. The zero-order chi connectivity index (χ0) is 17.9. The minimum atomic E-state index is -1.53. The topological polar surface area (TPSA) is 138 Å². The van der Waals surface area contributed by atoms with E-state index >= 15 is 0 Å². The summed E-state index contributed by atoms with van der Waals surface area (Å²) < 4.78 is 22.0. The van der Waals surface area contributed by atoms with Crippen LogP contribution in [0.4, 0.5) is 0 Å². The Labute approximate surface area is 140 Å². The van der Waals surface area contributed by atoms with E-state index in [1.165, 1.54) is 0 Å². The summed E-state index contributed by atoms with van der Waals surface area (Å²) in [5, 5.41) is 49.0. The summed E-state index contributed by atoms with van der Waals surface area (Å²) in [5.74, 6) is 0. The van der Waals surface area contributed by atoms with Gasteiger partial charge in [0.25, 0.3) is 0 Å². The fourth-order valence-electron chi connectivity index (χ4n) is 2.85. The van der Waals surface area contributed by atoms with Crippen LogP contribution in [0.1, 0.15) is 26.7 Å². The lowest BCUT2D eigenvalue weighted by Gasteiger charge is -2.43. The van der Waals surface area contributed by atoms with Gasteiger partial charge in [0, 0.05) is 13.0 Å². The highest BCUT2D eigenvalue weighted by Gasteiger charge is 2.47. The molecule has 2 heterocycles. The van der Waals surface area contributed by atoms with E-state index in [9.17, 15) is 25.5 Å². The van der Waals surface area contributed by atoms with Crippen molar-refractivity contribution in [1.82, 2.24) is 0 Å². The summed E-state index contributed by atoms with van der Waals surface area (Å²) in [5.41, 5.74) is 0. The molecule has 2 aliphatic rings. The van der Waals surface area contributed by atoms with E-state index in [-0.39, 0.29) is 6.42 Å². The first kappa shape index (κ1) is 20.0. The van der Waals surface area contributed by atoms with E-state index in [0.29, 0.717) is 6.61 Å². The standard InChI is InChI=1S/C15H28O9/c1-3-4-21-10-5-8(11(17)7(2)22-10)23-15-14(20)13(19)12(18)9(6-16)24-15/h7-20H,3-6H2,1-2H3/t7?,8?,9?,10-,11+,12-,13?,14?,15+/m1/s1. The first-order valence-corrected chi connectivity index (χ1v) is 8.30. The van der Waals surface area contributed by atoms with E-state index in [2.05, 4.69) is 0 Å². The monoisotopic (exact) mass is 352 g/mol. The summed E-state index contributed by atoms with van der Waals surface area (Å²) in [6.45, 7) is 3.60. The molecule has 9 atom stereocenters. The van der Waals surface area contributed by atoms with Gasteiger partial charge in [-0.2, -0.15) is 0 Å². The summed E-state index contributed by atoms with van der Waals surface area (Å²) in [6, 6.07) is 0. The first-order valence-electron chi connectivity index (χ1n) is 8.30. The van der Waals surface area contributed by atoms with E-state index < -0.39 is 61.9 Å². The van der Waals surface area contributed by atoms with Crippen LogP contribution in [0, 0.1) is 0 Å². The smallest absolute Gasteiger partial charge is 0.187 e. The molecular formula is C15H28O9. The number of rotatable bonds is 6. The molecule has 0 spiro atoms. The fraction of sp³-hybridized carbons (Fsp3) is 1.00. The highest BCUT2D eigenvalue weighted by Crippen LogP contribution is 2.29. The van der Waals surface area contributed by atoms with Crippen molar-refractivity contribution >= 4 is 0 Å². The molecule has 0 bridgehead atoms. The van der Waals surface area contributed by atoms with Gasteiger partial charge in [-0.1, -0.05) is 6.92 Å². The van der Waals surface area contributed by atoms with Gasteiger partial charge in [0.2, 0.25) is 0 Å². The third kappa shape index (κ3) is 4.43. The van der Waals surface area contributed by atoms with E-state index in [4.69, 9.17) is 18.9 Å². The van der Waals surface area contributed by atoms with Crippen molar-refractivity contribution in [3.63, 3.8) is 0 Å². The van der Waals surface area contributed by atoms with Crippen LogP contribution in [-0.4, -0.2) is 94.1 Å². The number of aliphatic hydroxyl groups is 5. The zero-order valence-electron chi connectivity index (χ0n) is 13.9. The van der Waals surface area contributed by atoms with Gasteiger partial charge in [0.15, 0.2) is 12.6 Å². The molecule has 24 heavy (non-hydrogen) atoms. The first-order chi connectivity index (χ1) is 11.4. The lowest BCUT2D eigenvalue weighted by molar-refractivity contribution is -0.337. The van der Waals surface area contributed by atoms with Gasteiger partial charge in [-0.3, -0.25) is 0 Å². The van der Waals surface area contributed by atoms with Crippen LogP contribution in [0.15, 0.2) is 0 Å². The third-order valence-corrected chi connectivity index (χ3v) is 4.32. The van der Waals surface area contributed by atoms with Crippen molar-refractivity contribution < 1.29 is 44.5 Å². The molecule has 2 saturated heterocycles. The second-order valence-corrected chi connectivity index (χ2v) is 6.24. The molecule has 0 amide bonds. The Morgan fingerprint density at radius 2 is 1.71 bits per heavy atom. The van der Waals surface area contributed by atoms with Crippen molar-refractivity contribution in [2.75, 3.05) is 13.2 Å². The molecule has 5 N–H and O–H groups in total. The van der Waals surface area contributed by atoms with Crippen molar-refractivity contribution in [1.29, 1.82) is 0 Å². The lowest BCUT2D eigenvalue weighted by Crippen LogP contribution is -2.61. The molecule has 0 saturated carbocycles. The van der Waals surface area contributed by atoms with Crippen LogP contribution in [0.2, 0.25) is 0 Å². The number of ether oxygens (including phenoxy) is 4. The summed E-state index contributed by atoms with van der Waals surface area (Å²) in [6.07, 6.45) is -8.64. The second kappa shape index (κ2) is 8.84. The lowest BCUT2D eigenvalue weighted by atomic mass is 9.98. The third-order valence-electron chi connectivity index (χ3n) is 4.32. The zero-order valence-corrected chi connectivity index (χ0v) is 13.9. The summed E-state index contributed by atoms with van der Waals surface area (Å²) >= 11 is 0. The van der Waals surface area contributed by atoms with Crippen LogP contribution in [0.25, 0.3) is 0 Å². The molecule has 142 valence electrons. The quantitative estimate of drug-likeness (QED) is 0.371. The molecule has 2 aliphatic heterocycles. The van der Waals surface area contributed by atoms with Gasteiger partial charge < -0.3 is 44.5 Å². The molecule has 9 nitrogen and oxygen atoms in total. The van der Waals surface area contributed by atoms with Gasteiger partial charge in [-0.05, 0) is 13.3 Å².